The van der Waals surface area contributed by atoms with Gasteiger partial charge in [-0.05, 0) is 37.6 Å². The second-order valence-electron chi connectivity index (χ2n) is 7.03. The van der Waals surface area contributed by atoms with Gasteiger partial charge < -0.3 is 0 Å². The average molecular weight is 447 g/mol. The monoisotopic (exact) mass is 446 g/mol. The molecule has 0 amide bonds. The highest BCUT2D eigenvalue weighted by Crippen LogP contribution is 2.30. The smallest absolute Gasteiger partial charge is 0.258 e. The topological polar surface area (TPSA) is 78.0 Å². The molecule has 0 radical (unpaired) electrons. The molecule has 154 valence electrons. The van der Waals surface area contributed by atoms with Crippen LogP contribution in [0.15, 0.2) is 70.2 Å². The molecule has 0 aliphatic heterocycles. The Bertz CT molecular complexity index is 1440. The molecule has 7 nitrogen and oxygen atoms in total. The number of pyridine rings is 1. The number of rotatable bonds is 5. The normalized spacial score (nSPS) is 11.3. The Hall–Kier alpha value is -3.30. The number of para-hydroxylation sites is 1. The number of hydrogen-bond acceptors (Lipinski definition) is 7. The zero-order valence-corrected chi connectivity index (χ0v) is 18.5. The molecule has 0 aliphatic carbocycles. The van der Waals surface area contributed by atoms with E-state index in [1.807, 2.05) is 36.6 Å². The van der Waals surface area contributed by atoms with Crippen LogP contribution in [-0.2, 0) is 5.75 Å². The SMILES string of the molecule is Cc1ccccc1-n1c(SCc2cc(=O)n3c(C)csc3n2)nnc1-c1ccncc1. The lowest BCUT2D eigenvalue weighted by Gasteiger charge is -2.12. The molecule has 0 fully saturated rings. The van der Waals surface area contributed by atoms with Crippen LogP contribution in [0.25, 0.3) is 22.0 Å². The molecule has 0 saturated heterocycles. The van der Waals surface area contributed by atoms with Crippen molar-refractivity contribution >= 4 is 28.1 Å². The van der Waals surface area contributed by atoms with Gasteiger partial charge in [-0.2, -0.15) is 0 Å². The van der Waals surface area contributed by atoms with Crippen molar-refractivity contribution in [3.8, 4) is 17.1 Å². The Balaban J connectivity index is 1.55. The van der Waals surface area contributed by atoms with Crippen molar-refractivity contribution in [1.82, 2.24) is 29.1 Å². The van der Waals surface area contributed by atoms with E-state index in [1.165, 1.54) is 23.1 Å². The first-order valence-corrected chi connectivity index (χ1v) is 11.5. The first kappa shape index (κ1) is 19.7. The predicted octanol–water partition coefficient (Wildman–Crippen LogP) is 4.31. The standard InChI is InChI=1S/C22H18N6OS2/c1-14-5-3-4-6-18(14)28-20(16-7-9-23-10-8-16)25-26-22(28)31-13-17-11-19(29)27-15(2)12-30-21(27)24-17/h3-12H,13H2,1-2H3. The number of nitrogens with zero attached hydrogens (tertiary/aromatic N) is 6. The lowest BCUT2D eigenvalue weighted by molar-refractivity contribution is 0.879. The third-order valence-electron chi connectivity index (χ3n) is 4.91. The molecule has 5 rings (SSSR count). The van der Waals surface area contributed by atoms with Crippen molar-refractivity contribution in [3.63, 3.8) is 0 Å². The van der Waals surface area contributed by atoms with E-state index in [0.717, 1.165) is 39.2 Å². The zero-order chi connectivity index (χ0) is 21.4. The molecule has 0 aliphatic rings. The summed E-state index contributed by atoms with van der Waals surface area (Å²) in [5, 5.41) is 11.6. The van der Waals surface area contributed by atoms with E-state index in [9.17, 15) is 4.79 Å². The van der Waals surface area contributed by atoms with Crippen LogP contribution in [-0.4, -0.2) is 29.1 Å². The lowest BCUT2D eigenvalue weighted by atomic mass is 10.2. The van der Waals surface area contributed by atoms with E-state index >= 15 is 0 Å². The van der Waals surface area contributed by atoms with Crippen LogP contribution in [0.2, 0.25) is 0 Å². The number of benzene rings is 1. The van der Waals surface area contributed by atoms with Crippen molar-refractivity contribution < 1.29 is 0 Å². The Kier molecular flexibility index (Phi) is 5.13. The van der Waals surface area contributed by atoms with Gasteiger partial charge in [0.15, 0.2) is 15.9 Å². The fourth-order valence-electron chi connectivity index (χ4n) is 3.40. The van der Waals surface area contributed by atoms with Crippen molar-refractivity contribution in [2.45, 2.75) is 24.8 Å². The molecule has 5 aromatic rings. The Morgan fingerprint density at radius 2 is 1.87 bits per heavy atom. The van der Waals surface area contributed by atoms with E-state index in [0.29, 0.717) is 10.7 Å². The third-order valence-corrected chi connectivity index (χ3v) is 6.81. The molecule has 1 aromatic carbocycles. The first-order chi connectivity index (χ1) is 15.1. The van der Waals surface area contributed by atoms with Gasteiger partial charge >= 0.3 is 0 Å². The van der Waals surface area contributed by atoms with Gasteiger partial charge in [-0.1, -0.05) is 30.0 Å². The van der Waals surface area contributed by atoms with Gasteiger partial charge in [0, 0.05) is 40.9 Å². The Morgan fingerprint density at radius 3 is 2.68 bits per heavy atom. The summed E-state index contributed by atoms with van der Waals surface area (Å²) in [4.78, 5) is 22.0. The van der Waals surface area contributed by atoms with Gasteiger partial charge in [0.05, 0.1) is 11.4 Å². The highest BCUT2D eigenvalue weighted by molar-refractivity contribution is 7.98. The number of hydrogen-bond donors (Lipinski definition) is 0. The molecular weight excluding hydrogens is 428 g/mol. The minimum Gasteiger partial charge on any atom is -0.270 e. The minimum absolute atomic E-state index is 0.0582. The highest BCUT2D eigenvalue weighted by atomic mass is 32.2. The maximum Gasteiger partial charge on any atom is 0.258 e. The number of fused-ring (bicyclic) bond motifs is 1. The van der Waals surface area contributed by atoms with E-state index < -0.39 is 0 Å². The summed E-state index contributed by atoms with van der Waals surface area (Å²) in [6.45, 7) is 3.97. The molecule has 0 saturated carbocycles. The van der Waals surface area contributed by atoms with Crippen molar-refractivity contribution in [2.24, 2.45) is 0 Å². The van der Waals surface area contributed by atoms with E-state index in [4.69, 9.17) is 0 Å². The van der Waals surface area contributed by atoms with E-state index in [-0.39, 0.29) is 5.56 Å². The summed E-state index contributed by atoms with van der Waals surface area (Å²) in [5.74, 6) is 1.26. The number of aromatic nitrogens is 6. The predicted molar refractivity (Wildman–Crippen MR) is 123 cm³/mol. The summed E-state index contributed by atoms with van der Waals surface area (Å²) >= 11 is 2.98. The largest absolute Gasteiger partial charge is 0.270 e. The summed E-state index contributed by atoms with van der Waals surface area (Å²) in [5.41, 5.74) is 4.63. The van der Waals surface area contributed by atoms with Crippen LogP contribution in [0.1, 0.15) is 17.0 Å². The van der Waals surface area contributed by atoms with Crippen LogP contribution < -0.4 is 5.56 Å². The molecule has 4 aromatic heterocycles. The van der Waals surface area contributed by atoms with Crippen LogP contribution in [0, 0.1) is 13.8 Å². The van der Waals surface area contributed by atoms with Gasteiger partial charge in [0.1, 0.15) is 0 Å². The van der Waals surface area contributed by atoms with Gasteiger partial charge in [-0.3, -0.25) is 18.7 Å². The number of thioether (sulfide) groups is 1. The Morgan fingerprint density at radius 1 is 1.06 bits per heavy atom. The molecule has 0 atom stereocenters. The molecule has 0 bridgehead atoms. The molecule has 0 spiro atoms. The minimum atomic E-state index is -0.0582. The fourth-order valence-corrected chi connectivity index (χ4v) is 5.12. The van der Waals surface area contributed by atoms with Gasteiger partial charge in [-0.25, -0.2) is 4.98 Å². The maximum absolute atomic E-state index is 12.5. The lowest BCUT2D eigenvalue weighted by Crippen LogP contribution is -2.14. The molecule has 0 N–H and O–H groups in total. The van der Waals surface area contributed by atoms with E-state index in [1.54, 1.807) is 22.9 Å². The summed E-state index contributed by atoms with van der Waals surface area (Å²) in [6.07, 6.45) is 3.49. The van der Waals surface area contributed by atoms with Crippen LogP contribution in [0.4, 0.5) is 0 Å². The fraction of sp³-hybridized carbons (Fsp3) is 0.136. The third kappa shape index (κ3) is 3.66. The van der Waals surface area contributed by atoms with Crippen molar-refractivity contribution in [2.75, 3.05) is 0 Å². The summed E-state index contributed by atoms with van der Waals surface area (Å²) in [6, 6.07) is 13.6. The van der Waals surface area contributed by atoms with Crippen molar-refractivity contribution in [1.29, 1.82) is 0 Å². The second-order valence-corrected chi connectivity index (χ2v) is 8.81. The van der Waals surface area contributed by atoms with E-state index in [2.05, 4.69) is 43.8 Å². The van der Waals surface area contributed by atoms with Gasteiger partial charge in [-0.15, -0.1) is 21.5 Å². The molecule has 4 heterocycles. The maximum atomic E-state index is 12.5. The number of thiazole rings is 1. The molecule has 9 heteroatoms. The van der Waals surface area contributed by atoms with Crippen LogP contribution >= 0.6 is 23.1 Å². The summed E-state index contributed by atoms with van der Waals surface area (Å²) in [7, 11) is 0. The van der Waals surface area contributed by atoms with Gasteiger partial charge in [0.25, 0.3) is 5.56 Å². The quantitative estimate of drug-likeness (QED) is 0.375. The van der Waals surface area contributed by atoms with Gasteiger partial charge in [0.2, 0.25) is 0 Å². The zero-order valence-electron chi connectivity index (χ0n) is 16.9. The van der Waals surface area contributed by atoms with Crippen LogP contribution in [0.5, 0.6) is 0 Å². The van der Waals surface area contributed by atoms with Crippen LogP contribution in [0.3, 0.4) is 0 Å². The molecule has 31 heavy (non-hydrogen) atoms. The number of aryl methyl sites for hydroxylation is 2. The Labute approximate surface area is 186 Å². The molecule has 0 unspecified atom stereocenters. The van der Waals surface area contributed by atoms with Crippen molar-refractivity contribution in [3.05, 3.63) is 87.5 Å². The summed E-state index contributed by atoms with van der Waals surface area (Å²) < 4.78 is 3.69. The highest BCUT2D eigenvalue weighted by Gasteiger charge is 2.18. The molecular formula is C22H18N6OS2. The average Bonchev–Trinajstić information content (AvgIpc) is 3.37. The second kappa shape index (κ2) is 8.09. The first-order valence-electron chi connectivity index (χ1n) is 9.63.